The third-order valence-corrected chi connectivity index (χ3v) is 8.02. The number of carbonyl (C=O) groups is 4. The van der Waals surface area contributed by atoms with Gasteiger partial charge < -0.3 is 40.1 Å². The van der Waals surface area contributed by atoms with Crippen molar-refractivity contribution < 1.29 is 47.5 Å². The molecule has 0 aliphatic heterocycles. The molecule has 2 rings (SSSR count). The zero-order valence-corrected chi connectivity index (χ0v) is 31.0. The zero-order valence-electron chi connectivity index (χ0n) is 30.1. The Balaban J connectivity index is 2.03. The van der Waals surface area contributed by atoms with Crippen LogP contribution in [0, 0.1) is 18.8 Å². The molecule has 0 saturated carbocycles. The molecular formula is C35H53N4O10P. The molecule has 278 valence electrons. The van der Waals surface area contributed by atoms with Gasteiger partial charge in [-0.25, -0.2) is 9.36 Å². The molecule has 0 saturated heterocycles. The molecule has 0 aromatic heterocycles. The largest absolute Gasteiger partial charge is 0.470 e. The highest BCUT2D eigenvalue weighted by Gasteiger charge is 2.24. The van der Waals surface area contributed by atoms with Crippen molar-refractivity contribution in [1.82, 2.24) is 5.32 Å². The smallest absolute Gasteiger partial charge is 0.428 e. The van der Waals surface area contributed by atoms with Crippen LogP contribution < -0.4 is 20.9 Å². The Labute approximate surface area is 294 Å². The number of hydrogen-bond acceptors (Lipinski definition) is 9. The number of phosphoric acid groups is 1. The molecule has 0 fully saturated rings. The summed E-state index contributed by atoms with van der Waals surface area (Å²) in [6, 6.07) is 13.0. The predicted octanol–water partition coefficient (Wildman–Crippen LogP) is 6.08. The molecule has 0 aliphatic carbocycles. The highest BCUT2D eigenvalue weighted by atomic mass is 31.2. The molecule has 50 heavy (non-hydrogen) atoms. The van der Waals surface area contributed by atoms with Crippen LogP contribution in [0.15, 0.2) is 42.5 Å². The van der Waals surface area contributed by atoms with Gasteiger partial charge in [-0.2, -0.15) is 0 Å². The number of aryl methyl sites for hydroxylation is 1. The predicted molar refractivity (Wildman–Crippen MR) is 192 cm³/mol. The highest BCUT2D eigenvalue weighted by molar-refractivity contribution is 7.46. The fraction of sp³-hybridized carbons (Fsp3) is 0.543. The fourth-order valence-electron chi connectivity index (χ4n) is 5.09. The fourth-order valence-corrected chi connectivity index (χ4v) is 5.60. The van der Waals surface area contributed by atoms with E-state index in [-0.39, 0.29) is 37.8 Å². The number of phosphoric ester groups is 1. The van der Waals surface area contributed by atoms with Crippen LogP contribution in [0.3, 0.4) is 0 Å². The van der Waals surface area contributed by atoms with Crippen LogP contribution in [0.4, 0.5) is 21.9 Å². The Morgan fingerprint density at radius 3 is 2.08 bits per heavy atom. The van der Waals surface area contributed by atoms with Crippen LogP contribution in [0.1, 0.15) is 84.3 Å². The summed E-state index contributed by atoms with van der Waals surface area (Å²) in [4.78, 5) is 69.6. The van der Waals surface area contributed by atoms with Crippen molar-refractivity contribution in [3.05, 3.63) is 53.6 Å². The van der Waals surface area contributed by atoms with Gasteiger partial charge in [0.15, 0.2) is 0 Å². The van der Waals surface area contributed by atoms with Crippen molar-refractivity contribution in [2.45, 2.75) is 86.2 Å². The number of nitrogens with zero attached hydrogens (tertiary/aromatic N) is 1. The molecule has 14 nitrogen and oxygen atoms in total. The van der Waals surface area contributed by atoms with Gasteiger partial charge in [0.25, 0.3) is 0 Å². The summed E-state index contributed by atoms with van der Waals surface area (Å²) in [5.41, 5.74) is 4.08. The third-order valence-electron chi connectivity index (χ3n) is 7.43. The van der Waals surface area contributed by atoms with Crippen LogP contribution >= 0.6 is 7.82 Å². The summed E-state index contributed by atoms with van der Waals surface area (Å²) >= 11 is 0. The maximum absolute atomic E-state index is 13.2. The maximum Gasteiger partial charge on any atom is 0.470 e. The SMILES string of the molecule is CCC(CC(=O)OCOC(=O)CCCNC(=O)C(C)OP(=O)(O)O)c1ccc(N(CC(C)C)CC(C)C)c(NC(=O)Nc2ccc(C)cc2)c1. The van der Waals surface area contributed by atoms with E-state index in [1.54, 1.807) is 0 Å². The molecule has 5 N–H and O–H groups in total. The van der Waals surface area contributed by atoms with E-state index in [1.807, 2.05) is 56.3 Å². The summed E-state index contributed by atoms with van der Waals surface area (Å²) in [7, 11) is -4.81. The molecule has 2 aromatic carbocycles. The molecule has 15 heteroatoms. The molecule has 0 bridgehead atoms. The first-order valence-corrected chi connectivity index (χ1v) is 18.4. The number of esters is 2. The van der Waals surface area contributed by atoms with Gasteiger partial charge in [0.05, 0.1) is 17.8 Å². The maximum atomic E-state index is 13.2. The third kappa shape index (κ3) is 16.2. The average molecular weight is 721 g/mol. The Hall–Kier alpha value is -3.97. The normalized spacial score (nSPS) is 12.6. The van der Waals surface area contributed by atoms with Crippen molar-refractivity contribution in [3.63, 3.8) is 0 Å². The second kappa shape index (κ2) is 20.6. The van der Waals surface area contributed by atoms with Crippen LogP contribution in [-0.2, 0) is 32.9 Å². The van der Waals surface area contributed by atoms with Crippen molar-refractivity contribution >= 4 is 48.8 Å². The monoisotopic (exact) mass is 720 g/mol. The molecule has 0 aliphatic rings. The summed E-state index contributed by atoms with van der Waals surface area (Å²) in [5.74, 6) is -1.44. The Kier molecular flexibility index (Phi) is 17.4. The molecule has 0 radical (unpaired) electrons. The summed E-state index contributed by atoms with van der Waals surface area (Å²) in [6.45, 7) is 14.7. The lowest BCUT2D eigenvalue weighted by atomic mass is 9.92. The molecule has 2 unspecified atom stereocenters. The first kappa shape index (κ1) is 42.2. The number of nitrogens with one attached hydrogen (secondary N) is 3. The summed E-state index contributed by atoms with van der Waals surface area (Å²) in [6.07, 6.45) is -0.657. The van der Waals surface area contributed by atoms with Gasteiger partial charge in [-0.15, -0.1) is 0 Å². The van der Waals surface area contributed by atoms with Crippen molar-refractivity contribution in [3.8, 4) is 0 Å². The van der Waals surface area contributed by atoms with E-state index in [2.05, 4.69) is 53.1 Å². The minimum Gasteiger partial charge on any atom is -0.428 e. The van der Waals surface area contributed by atoms with Crippen molar-refractivity contribution in [1.29, 1.82) is 0 Å². The second-order valence-corrected chi connectivity index (χ2v) is 14.2. The van der Waals surface area contributed by atoms with E-state index >= 15 is 0 Å². The Morgan fingerprint density at radius 1 is 0.880 bits per heavy atom. The van der Waals surface area contributed by atoms with Crippen molar-refractivity contribution in [2.75, 3.05) is 42.0 Å². The number of rotatable bonds is 20. The van der Waals surface area contributed by atoms with Gasteiger partial charge in [-0.1, -0.05) is 58.4 Å². The number of amides is 3. The van der Waals surface area contributed by atoms with Gasteiger partial charge >= 0.3 is 25.8 Å². The molecule has 3 amide bonds. The van der Waals surface area contributed by atoms with E-state index in [0.717, 1.165) is 29.9 Å². The van der Waals surface area contributed by atoms with E-state index in [4.69, 9.17) is 19.3 Å². The standard InChI is InChI=1S/C35H53N4O10P/c1-8-27(19-33(41)48-22-47-32(40)10-9-17-36-34(42)26(7)49-50(44,45)46)28-13-16-31(39(20-23(2)3)21-24(4)5)30(18-28)38-35(43)37-29-14-11-25(6)12-15-29/h11-16,18,23-24,26-27H,8-10,17,19-22H2,1-7H3,(H,36,42)(H2,37,38,43)(H2,44,45,46). The average Bonchev–Trinajstić information content (AvgIpc) is 3.01. The van der Waals surface area contributed by atoms with Gasteiger partial charge in [-0.3, -0.25) is 18.9 Å². The van der Waals surface area contributed by atoms with Crippen molar-refractivity contribution in [2.24, 2.45) is 11.8 Å². The van der Waals surface area contributed by atoms with E-state index < -0.39 is 38.6 Å². The molecule has 0 heterocycles. The van der Waals surface area contributed by atoms with Crippen LogP contribution in [-0.4, -0.2) is 66.2 Å². The van der Waals surface area contributed by atoms with Crippen LogP contribution in [0.2, 0.25) is 0 Å². The van der Waals surface area contributed by atoms with Gasteiger partial charge in [0, 0.05) is 31.7 Å². The van der Waals surface area contributed by atoms with Gasteiger partial charge in [0.2, 0.25) is 12.7 Å². The van der Waals surface area contributed by atoms with Gasteiger partial charge in [0.1, 0.15) is 6.10 Å². The molecule has 2 aromatic rings. The van der Waals surface area contributed by atoms with E-state index in [9.17, 15) is 23.7 Å². The number of carbonyl (C=O) groups excluding carboxylic acids is 4. The second-order valence-electron chi connectivity index (χ2n) is 13.0. The number of benzene rings is 2. The minimum atomic E-state index is -4.81. The number of hydrogen-bond donors (Lipinski definition) is 5. The topological polar surface area (TPSA) is 193 Å². The molecular weight excluding hydrogens is 667 g/mol. The molecule has 0 spiro atoms. The Bertz CT molecular complexity index is 1450. The van der Waals surface area contributed by atoms with Crippen LogP contribution in [0.25, 0.3) is 0 Å². The number of ether oxygens (including phenoxy) is 2. The first-order valence-electron chi connectivity index (χ1n) is 16.8. The summed E-state index contributed by atoms with van der Waals surface area (Å²) in [5, 5.41) is 8.33. The van der Waals surface area contributed by atoms with E-state index in [1.165, 1.54) is 6.92 Å². The Morgan fingerprint density at radius 2 is 1.50 bits per heavy atom. The summed E-state index contributed by atoms with van der Waals surface area (Å²) < 4.78 is 25.3. The quantitative estimate of drug-likeness (QED) is 0.0461. The molecule has 2 atom stereocenters. The number of urea groups is 1. The lowest BCUT2D eigenvalue weighted by Gasteiger charge is -2.31. The van der Waals surface area contributed by atoms with E-state index in [0.29, 0.717) is 29.6 Å². The van der Waals surface area contributed by atoms with Gasteiger partial charge in [-0.05, 0) is 74.3 Å². The lowest BCUT2D eigenvalue weighted by Crippen LogP contribution is -2.34. The number of anilines is 3. The zero-order chi connectivity index (χ0) is 37.4. The minimum absolute atomic E-state index is 0.0189. The first-order chi connectivity index (χ1) is 23.5. The lowest BCUT2D eigenvalue weighted by molar-refractivity contribution is -0.167. The highest BCUT2D eigenvalue weighted by Crippen LogP contribution is 2.37. The van der Waals surface area contributed by atoms with Crippen LogP contribution in [0.5, 0.6) is 0 Å².